The monoisotopic (exact) mass is 299 g/mol. The largest absolute Gasteiger partial charge is 0.352 e. The third kappa shape index (κ3) is 2.32. The van der Waals surface area contributed by atoms with Crippen molar-refractivity contribution in [2.24, 2.45) is 5.92 Å². The van der Waals surface area contributed by atoms with Crippen LogP contribution in [-0.4, -0.2) is 43.9 Å². The Bertz CT molecular complexity index is 736. The van der Waals surface area contributed by atoms with Crippen molar-refractivity contribution in [2.45, 2.75) is 31.8 Å². The summed E-state index contributed by atoms with van der Waals surface area (Å²) in [6.45, 7) is 0.940. The summed E-state index contributed by atoms with van der Waals surface area (Å²) in [5.41, 5.74) is 1.61. The summed E-state index contributed by atoms with van der Waals surface area (Å²) in [6, 6.07) is 2.19. The Hall–Kier alpha value is -2.44. The number of fused-ring (bicyclic) bond motifs is 1. The Morgan fingerprint density at radius 2 is 2.27 bits per heavy atom. The van der Waals surface area contributed by atoms with E-state index in [1.54, 1.807) is 23.0 Å². The van der Waals surface area contributed by atoms with Gasteiger partial charge in [0.1, 0.15) is 0 Å². The molecule has 4 rings (SSSR count). The van der Waals surface area contributed by atoms with Gasteiger partial charge in [0.15, 0.2) is 5.65 Å². The van der Waals surface area contributed by atoms with Crippen LogP contribution >= 0.6 is 0 Å². The predicted molar refractivity (Wildman–Crippen MR) is 77.7 cm³/mol. The van der Waals surface area contributed by atoms with E-state index in [9.17, 15) is 9.59 Å². The van der Waals surface area contributed by atoms with Crippen LogP contribution in [0.3, 0.4) is 0 Å². The average Bonchev–Trinajstić information content (AvgIpc) is 3.17. The number of carbonyl (C=O) groups is 2. The van der Waals surface area contributed by atoms with Crippen LogP contribution in [0, 0.1) is 5.92 Å². The number of hydrogen-bond acceptors (Lipinski definition) is 4. The number of nitrogens with one attached hydrogen (secondary N) is 1. The summed E-state index contributed by atoms with van der Waals surface area (Å²) < 4.78 is 1.68. The highest BCUT2D eigenvalue weighted by molar-refractivity contribution is 5.89. The topological polar surface area (TPSA) is 79.6 Å². The van der Waals surface area contributed by atoms with Crippen molar-refractivity contribution < 1.29 is 9.59 Å². The van der Waals surface area contributed by atoms with Crippen LogP contribution in [-0.2, 0) is 16.1 Å². The van der Waals surface area contributed by atoms with Gasteiger partial charge in [0, 0.05) is 43.5 Å². The van der Waals surface area contributed by atoms with E-state index in [4.69, 9.17) is 0 Å². The van der Waals surface area contributed by atoms with Crippen molar-refractivity contribution in [1.82, 2.24) is 24.8 Å². The molecule has 7 nitrogen and oxygen atoms in total. The van der Waals surface area contributed by atoms with Crippen molar-refractivity contribution in [2.75, 3.05) is 6.54 Å². The molecule has 0 spiro atoms. The molecule has 114 valence electrons. The van der Waals surface area contributed by atoms with E-state index in [0.717, 1.165) is 24.1 Å². The molecule has 2 aromatic heterocycles. The number of amides is 2. The molecule has 0 unspecified atom stereocenters. The van der Waals surface area contributed by atoms with Gasteiger partial charge in [-0.05, 0) is 18.9 Å². The third-order valence-electron chi connectivity index (χ3n) is 4.32. The van der Waals surface area contributed by atoms with Crippen LogP contribution in [0.2, 0.25) is 0 Å². The van der Waals surface area contributed by atoms with E-state index in [0.29, 0.717) is 25.6 Å². The summed E-state index contributed by atoms with van der Waals surface area (Å²) >= 11 is 0. The Morgan fingerprint density at radius 1 is 1.41 bits per heavy atom. The second-order valence-corrected chi connectivity index (χ2v) is 5.95. The fourth-order valence-corrected chi connectivity index (χ4v) is 2.97. The van der Waals surface area contributed by atoms with E-state index in [1.165, 1.54) is 0 Å². The molecule has 0 radical (unpaired) electrons. The minimum Gasteiger partial charge on any atom is -0.352 e. The standard InChI is InChI=1S/C15H17N5O2/c21-13-6-10(9-19(13)12-2-3-12)15(22)17-7-11-8-18-20-5-1-4-16-14(11)20/h1,4-5,8,10,12H,2-3,6-7,9H2,(H,17,22)/t10-/m0/s1. The zero-order valence-corrected chi connectivity index (χ0v) is 12.1. The van der Waals surface area contributed by atoms with Gasteiger partial charge in [-0.25, -0.2) is 9.50 Å². The lowest BCUT2D eigenvalue weighted by atomic mass is 10.1. The minimum absolute atomic E-state index is 0.0632. The molecule has 1 aliphatic carbocycles. The van der Waals surface area contributed by atoms with Crippen molar-refractivity contribution in [1.29, 1.82) is 0 Å². The van der Waals surface area contributed by atoms with Crippen molar-refractivity contribution >= 4 is 17.5 Å². The van der Waals surface area contributed by atoms with Gasteiger partial charge < -0.3 is 10.2 Å². The second kappa shape index (κ2) is 5.08. The number of rotatable bonds is 4. The number of carbonyl (C=O) groups excluding carboxylic acids is 2. The summed E-state index contributed by atoms with van der Waals surface area (Å²) in [7, 11) is 0. The van der Waals surface area contributed by atoms with Gasteiger partial charge in [-0.15, -0.1) is 0 Å². The molecule has 0 bridgehead atoms. The lowest BCUT2D eigenvalue weighted by Gasteiger charge is -2.15. The van der Waals surface area contributed by atoms with Gasteiger partial charge in [0.25, 0.3) is 0 Å². The predicted octanol–water partition coefficient (Wildman–Crippen LogP) is 0.356. The van der Waals surface area contributed by atoms with Crippen LogP contribution in [0.15, 0.2) is 24.7 Å². The maximum absolute atomic E-state index is 12.3. The third-order valence-corrected chi connectivity index (χ3v) is 4.32. The molecule has 1 saturated carbocycles. The molecular formula is C15H17N5O2. The van der Waals surface area contributed by atoms with Gasteiger partial charge in [-0.1, -0.05) is 0 Å². The zero-order valence-electron chi connectivity index (χ0n) is 12.1. The second-order valence-electron chi connectivity index (χ2n) is 5.95. The average molecular weight is 299 g/mol. The van der Waals surface area contributed by atoms with E-state index >= 15 is 0 Å². The summed E-state index contributed by atoms with van der Waals surface area (Å²) in [6.07, 6.45) is 7.71. The maximum Gasteiger partial charge on any atom is 0.225 e. The number of nitrogens with zero attached hydrogens (tertiary/aromatic N) is 4. The first kappa shape index (κ1) is 13.2. The van der Waals surface area contributed by atoms with Crippen LogP contribution in [0.4, 0.5) is 0 Å². The number of hydrogen-bond donors (Lipinski definition) is 1. The van der Waals surface area contributed by atoms with Gasteiger partial charge in [-0.2, -0.15) is 5.10 Å². The highest BCUT2D eigenvalue weighted by atomic mass is 16.2. The fraction of sp³-hybridized carbons (Fsp3) is 0.467. The van der Waals surface area contributed by atoms with Crippen LogP contribution in [0.25, 0.3) is 5.65 Å². The molecule has 1 atom stereocenters. The van der Waals surface area contributed by atoms with E-state index in [-0.39, 0.29) is 17.7 Å². The van der Waals surface area contributed by atoms with Gasteiger partial charge in [0.05, 0.1) is 12.1 Å². The first-order valence-corrected chi connectivity index (χ1v) is 7.57. The minimum atomic E-state index is -0.233. The highest BCUT2D eigenvalue weighted by Crippen LogP contribution is 2.32. The Labute approximate surface area is 127 Å². The summed E-state index contributed by atoms with van der Waals surface area (Å²) in [5.74, 6) is -0.185. The van der Waals surface area contributed by atoms with Crippen molar-refractivity contribution in [3.63, 3.8) is 0 Å². The first-order valence-electron chi connectivity index (χ1n) is 7.57. The fourth-order valence-electron chi connectivity index (χ4n) is 2.97. The van der Waals surface area contributed by atoms with Crippen LogP contribution < -0.4 is 5.32 Å². The Balaban J connectivity index is 1.39. The lowest BCUT2D eigenvalue weighted by Crippen LogP contribution is -2.33. The molecule has 22 heavy (non-hydrogen) atoms. The Morgan fingerprint density at radius 3 is 3.09 bits per heavy atom. The molecular weight excluding hydrogens is 282 g/mol. The van der Waals surface area contributed by atoms with Crippen molar-refractivity contribution in [3.05, 3.63) is 30.2 Å². The molecule has 2 aromatic rings. The van der Waals surface area contributed by atoms with E-state index in [2.05, 4.69) is 15.4 Å². The Kier molecular flexibility index (Phi) is 3.06. The van der Waals surface area contributed by atoms with Gasteiger partial charge in [0.2, 0.25) is 11.8 Å². The first-order chi connectivity index (χ1) is 10.7. The lowest BCUT2D eigenvalue weighted by molar-refractivity contribution is -0.129. The van der Waals surface area contributed by atoms with Crippen molar-refractivity contribution in [3.8, 4) is 0 Å². The number of aromatic nitrogens is 3. The number of likely N-dealkylation sites (tertiary alicyclic amines) is 1. The molecule has 1 aliphatic heterocycles. The van der Waals surface area contributed by atoms with E-state index in [1.807, 2.05) is 11.1 Å². The molecule has 0 aromatic carbocycles. The summed E-state index contributed by atoms with van der Waals surface area (Å²) in [5, 5.41) is 7.10. The van der Waals surface area contributed by atoms with E-state index < -0.39 is 0 Å². The smallest absolute Gasteiger partial charge is 0.225 e. The molecule has 2 fully saturated rings. The van der Waals surface area contributed by atoms with Crippen LogP contribution in [0.1, 0.15) is 24.8 Å². The molecule has 1 saturated heterocycles. The maximum atomic E-state index is 12.3. The molecule has 2 amide bonds. The van der Waals surface area contributed by atoms with Gasteiger partial charge in [-0.3, -0.25) is 9.59 Å². The highest BCUT2D eigenvalue weighted by Gasteiger charge is 2.41. The zero-order chi connectivity index (χ0) is 15.1. The SMILES string of the molecule is O=C(NCc1cnn2cccnc12)[C@H]1CC(=O)N(C2CC2)C1. The molecule has 3 heterocycles. The normalized spacial score (nSPS) is 21.5. The quantitative estimate of drug-likeness (QED) is 0.884. The van der Waals surface area contributed by atoms with Gasteiger partial charge >= 0.3 is 0 Å². The molecule has 1 N–H and O–H groups in total. The summed E-state index contributed by atoms with van der Waals surface area (Å²) in [4.78, 5) is 30.3. The van der Waals surface area contributed by atoms with Crippen LogP contribution in [0.5, 0.6) is 0 Å². The molecule has 2 aliphatic rings. The molecule has 7 heteroatoms.